The Bertz CT molecular complexity index is 743. The molecule has 0 saturated carbocycles. The first-order valence-electron chi connectivity index (χ1n) is 9.32. The van der Waals surface area contributed by atoms with Crippen LogP contribution in [0.15, 0.2) is 60.7 Å². The zero-order valence-corrected chi connectivity index (χ0v) is 15.3. The van der Waals surface area contributed by atoms with Crippen molar-refractivity contribution in [3.8, 4) is 0 Å². The van der Waals surface area contributed by atoms with Gasteiger partial charge in [-0.3, -0.25) is 4.79 Å². The lowest BCUT2D eigenvalue weighted by atomic mass is 10.0. The van der Waals surface area contributed by atoms with Crippen molar-refractivity contribution in [2.75, 3.05) is 18.4 Å². The minimum absolute atomic E-state index is 0.0222. The standard InChI is InChI=1S/C21H26N4O2/c22-19(15-16-7-3-1-4-8-16)20(26)25-13-11-18(12-14-25)24-21(27)23-17-9-5-2-6-10-17/h1-10,18-19H,11-15,22H2,(H2,23,24,27)/t19-/m0/s1. The summed E-state index contributed by atoms with van der Waals surface area (Å²) in [4.78, 5) is 26.5. The quantitative estimate of drug-likeness (QED) is 0.759. The lowest BCUT2D eigenvalue weighted by molar-refractivity contribution is -0.133. The minimum Gasteiger partial charge on any atom is -0.341 e. The van der Waals surface area contributed by atoms with E-state index in [-0.39, 0.29) is 18.0 Å². The van der Waals surface area contributed by atoms with Crippen LogP contribution in [0.25, 0.3) is 0 Å². The molecule has 2 aromatic carbocycles. The Labute approximate surface area is 159 Å². The van der Waals surface area contributed by atoms with Crippen LogP contribution in [-0.2, 0) is 11.2 Å². The number of carbonyl (C=O) groups is 2. The Morgan fingerprint density at radius 1 is 1.00 bits per heavy atom. The molecule has 0 aromatic heterocycles. The molecule has 1 aliphatic heterocycles. The molecule has 4 N–H and O–H groups in total. The van der Waals surface area contributed by atoms with Crippen molar-refractivity contribution in [1.82, 2.24) is 10.2 Å². The number of amides is 3. The van der Waals surface area contributed by atoms with Crippen molar-refractivity contribution in [2.45, 2.75) is 31.3 Å². The van der Waals surface area contributed by atoms with Crippen LogP contribution in [0.3, 0.4) is 0 Å². The molecule has 0 aliphatic carbocycles. The van der Waals surface area contributed by atoms with E-state index >= 15 is 0 Å². The maximum atomic E-state index is 12.6. The number of carbonyl (C=O) groups excluding carboxylic acids is 2. The molecule has 1 aliphatic rings. The lowest BCUT2D eigenvalue weighted by Gasteiger charge is -2.33. The fourth-order valence-electron chi connectivity index (χ4n) is 3.31. The van der Waals surface area contributed by atoms with Gasteiger partial charge in [-0.1, -0.05) is 48.5 Å². The van der Waals surface area contributed by atoms with E-state index in [1.165, 1.54) is 0 Å². The van der Waals surface area contributed by atoms with Crippen LogP contribution in [-0.4, -0.2) is 42.0 Å². The molecule has 0 spiro atoms. The van der Waals surface area contributed by atoms with Crippen molar-refractivity contribution in [1.29, 1.82) is 0 Å². The average Bonchev–Trinajstić information content (AvgIpc) is 2.69. The van der Waals surface area contributed by atoms with Crippen molar-refractivity contribution in [3.05, 3.63) is 66.2 Å². The van der Waals surface area contributed by atoms with Gasteiger partial charge in [0, 0.05) is 24.8 Å². The number of nitrogens with one attached hydrogen (secondary N) is 2. The molecule has 6 nitrogen and oxygen atoms in total. The Kier molecular flexibility index (Phi) is 6.44. The summed E-state index contributed by atoms with van der Waals surface area (Å²) in [5.74, 6) is -0.0222. The molecule has 3 rings (SSSR count). The molecular formula is C21H26N4O2. The summed E-state index contributed by atoms with van der Waals surface area (Å²) in [6.45, 7) is 1.22. The van der Waals surface area contributed by atoms with Gasteiger partial charge in [0.05, 0.1) is 6.04 Å². The molecule has 0 unspecified atom stereocenters. The fourth-order valence-corrected chi connectivity index (χ4v) is 3.31. The van der Waals surface area contributed by atoms with E-state index in [2.05, 4.69) is 10.6 Å². The summed E-state index contributed by atoms with van der Waals surface area (Å²) in [5, 5.41) is 5.79. The van der Waals surface area contributed by atoms with Gasteiger partial charge in [0.1, 0.15) is 0 Å². The summed E-state index contributed by atoms with van der Waals surface area (Å²) >= 11 is 0. The molecule has 6 heteroatoms. The van der Waals surface area contributed by atoms with E-state index in [1.54, 1.807) is 4.90 Å². The second-order valence-electron chi connectivity index (χ2n) is 6.86. The number of benzene rings is 2. The largest absolute Gasteiger partial charge is 0.341 e. The minimum atomic E-state index is -0.529. The highest BCUT2D eigenvalue weighted by Crippen LogP contribution is 2.13. The second-order valence-corrected chi connectivity index (χ2v) is 6.86. The van der Waals surface area contributed by atoms with E-state index in [1.807, 2.05) is 60.7 Å². The number of piperidine rings is 1. The molecule has 3 amide bonds. The van der Waals surface area contributed by atoms with Crippen LogP contribution in [0.5, 0.6) is 0 Å². The number of rotatable bonds is 5. The average molecular weight is 366 g/mol. The number of nitrogens with zero attached hydrogens (tertiary/aromatic N) is 1. The Hall–Kier alpha value is -2.86. The van der Waals surface area contributed by atoms with Crippen molar-refractivity contribution in [3.63, 3.8) is 0 Å². The second kappa shape index (κ2) is 9.19. The van der Waals surface area contributed by atoms with Gasteiger partial charge >= 0.3 is 6.03 Å². The molecule has 0 bridgehead atoms. The highest BCUT2D eigenvalue weighted by Gasteiger charge is 2.27. The van der Waals surface area contributed by atoms with Gasteiger partial charge in [0.15, 0.2) is 0 Å². The molecular weight excluding hydrogens is 340 g/mol. The molecule has 27 heavy (non-hydrogen) atoms. The highest BCUT2D eigenvalue weighted by molar-refractivity contribution is 5.89. The third kappa shape index (κ3) is 5.56. The van der Waals surface area contributed by atoms with Crippen LogP contribution < -0.4 is 16.4 Å². The maximum absolute atomic E-state index is 12.6. The van der Waals surface area contributed by atoms with Gasteiger partial charge in [-0.15, -0.1) is 0 Å². The molecule has 2 aromatic rings. The Morgan fingerprint density at radius 2 is 1.59 bits per heavy atom. The van der Waals surface area contributed by atoms with Crippen LogP contribution in [0, 0.1) is 0 Å². The molecule has 142 valence electrons. The third-order valence-corrected chi connectivity index (χ3v) is 4.79. The van der Waals surface area contributed by atoms with Crippen LogP contribution in [0.1, 0.15) is 18.4 Å². The maximum Gasteiger partial charge on any atom is 0.319 e. The predicted molar refractivity (Wildman–Crippen MR) is 106 cm³/mol. The summed E-state index contributed by atoms with van der Waals surface area (Å²) in [6, 6.07) is 18.5. The number of hydrogen-bond donors (Lipinski definition) is 3. The van der Waals surface area contributed by atoms with Crippen molar-refractivity contribution >= 4 is 17.6 Å². The number of nitrogens with two attached hydrogens (primary N) is 1. The van der Waals surface area contributed by atoms with E-state index in [0.29, 0.717) is 19.5 Å². The molecule has 1 saturated heterocycles. The summed E-state index contributed by atoms with van der Waals surface area (Å²) in [7, 11) is 0. The first-order chi connectivity index (χ1) is 13.1. The number of anilines is 1. The van der Waals surface area contributed by atoms with Crippen molar-refractivity contribution < 1.29 is 9.59 Å². The van der Waals surface area contributed by atoms with Gasteiger partial charge in [0.25, 0.3) is 0 Å². The normalized spacial score (nSPS) is 15.8. The molecule has 0 radical (unpaired) electrons. The zero-order valence-electron chi connectivity index (χ0n) is 15.3. The first-order valence-corrected chi connectivity index (χ1v) is 9.32. The van der Waals surface area contributed by atoms with Gasteiger partial charge in [-0.05, 0) is 37.0 Å². The topological polar surface area (TPSA) is 87.5 Å². The first kappa shape index (κ1) is 18.9. The molecule has 1 fully saturated rings. The Balaban J connectivity index is 1.42. The van der Waals surface area contributed by atoms with E-state index in [9.17, 15) is 9.59 Å². The molecule has 1 heterocycles. The van der Waals surface area contributed by atoms with Gasteiger partial charge in [-0.25, -0.2) is 4.79 Å². The van der Waals surface area contributed by atoms with Gasteiger partial charge in [0.2, 0.25) is 5.91 Å². The summed E-state index contributed by atoms with van der Waals surface area (Å²) in [5.41, 5.74) is 7.93. The number of likely N-dealkylation sites (tertiary alicyclic amines) is 1. The SMILES string of the molecule is N[C@@H](Cc1ccccc1)C(=O)N1CCC(NC(=O)Nc2ccccc2)CC1. The highest BCUT2D eigenvalue weighted by atomic mass is 16.2. The predicted octanol–water partition coefficient (Wildman–Crippen LogP) is 2.37. The molecule has 1 atom stereocenters. The summed E-state index contributed by atoms with van der Waals surface area (Å²) in [6.07, 6.45) is 2.00. The van der Waals surface area contributed by atoms with Crippen molar-refractivity contribution in [2.24, 2.45) is 5.73 Å². The van der Waals surface area contributed by atoms with Gasteiger partial charge < -0.3 is 21.3 Å². The van der Waals surface area contributed by atoms with E-state index in [4.69, 9.17) is 5.73 Å². The monoisotopic (exact) mass is 366 g/mol. The number of para-hydroxylation sites is 1. The zero-order chi connectivity index (χ0) is 19.1. The Morgan fingerprint density at radius 3 is 2.22 bits per heavy atom. The van der Waals surface area contributed by atoms with Gasteiger partial charge in [-0.2, -0.15) is 0 Å². The third-order valence-electron chi connectivity index (χ3n) is 4.79. The van der Waals surface area contributed by atoms with E-state index in [0.717, 1.165) is 24.1 Å². The number of urea groups is 1. The summed E-state index contributed by atoms with van der Waals surface area (Å²) < 4.78 is 0. The lowest BCUT2D eigenvalue weighted by Crippen LogP contribution is -2.51. The van der Waals surface area contributed by atoms with Crippen LogP contribution >= 0.6 is 0 Å². The van der Waals surface area contributed by atoms with Crippen LogP contribution in [0.2, 0.25) is 0 Å². The number of hydrogen-bond acceptors (Lipinski definition) is 3. The fraction of sp³-hybridized carbons (Fsp3) is 0.333. The van der Waals surface area contributed by atoms with Crippen LogP contribution in [0.4, 0.5) is 10.5 Å². The van der Waals surface area contributed by atoms with E-state index < -0.39 is 6.04 Å². The smallest absolute Gasteiger partial charge is 0.319 e.